The van der Waals surface area contributed by atoms with Crippen molar-refractivity contribution in [1.82, 2.24) is 19.5 Å². The molecule has 8 N–H and O–H groups in total. The molecule has 1 fully saturated rings. The van der Waals surface area contributed by atoms with Gasteiger partial charge in [-0.25, -0.2) is 14.3 Å². The number of nitrogens with zero attached hydrogens (tertiary/aromatic N) is 3. The van der Waals surface area contributed by atoms with E-state index in [0.29, 0.717) is 0 Å². The van der Waals surface area contributed by atoms with Crippen LogP contribution < -0.4 is 99.5 Å². The van der Waals surface area contributed by atoms with E-state index in [2.05, 4.69) is 24.8 Å². The van der Waals surface area contributed by atoms with Gasteiger partial charge < -0.3 is 40.3 Å². The molecular weight excluding hydrogens is 514 g/mol. The number of phosphoric ester groups is 1. The summed E-state index contributed by atoms with van der Waals surface area (Å²) >= 11 is 0. The Morgan fingerprint density at radius 3 is 2.50 bits per heavy atom. The third-order valence-electron chi connectivity index (χ3n) is 4.48. The van der Waals surface area contributed by atoms with E-state index in [1.165, 1.54) is 0 Å². The molecule has 20 heteroatoms. The summed E-state index contributed by atoms with van der Waals surface area (Å²) in [6.07, 6.45) is -4.93. The van der Waals surface area contributed by atoms with Crippen LogP contribution in [-0.4, -0.2) is 93.3 Å². The number of H-pyrrole nitrogens is 1. The topological polar surface area (TPSA) is 250 Å². The number of ether oxygens (including phenoxy) is 1. The number of aromatic nitrogens is 4. The van der Waals surface area contributed by atoms with Crippen LogP contribution in [0, 0.1) is 0 Å². The zero-order valence-electron chi connectivity index (χ0n) is 18.6. The summed E-state index contributed by atoms with van der Waals surface area (Å²) < 4.78 is 21.7. The van der Waals surface area contributed by atoms with Gasteiger partial charge in [-0.05, 0) is 0 Å². The Morgan fingerprint density at radius 2 is 1.94 bits per heavy atom. The van der Waals surface area contributed by atoms with Crippen LogP contribution >= 0.6 is 7.82 Å². The summed E-state index contributed by atoms with van der Waals surface area (Å²) in [5.41, 5.74) is -1.05. The normalized spacial score (nSPS) is 22.9. The minimum absolute atomic E-state index is 0. The minimum Gasteiger partial charge on any atom is -0.480 e. The van der Waals surface area contributed by atoms with E-state index in [9.17, 15) is 29.5 Å². The number of hydrogen-bond donors (Lipinski definition) is 8. The maximum atomic E-state index is 12.3. The van der Waals surface area contributed by atoms with Crippen molar-refractivity contribution in [3.8, 4) is 0 Å². The van der Waals surface area contributed by atoms with E-state index in [1.54, 1.807) is 0 Å². The van der Waals surface area contributed by atoms with E-state index in [0.717, 1.165) is 10.9 Å². The molecule has 2 aromatic rings. The van der Waals surface area contributed by atoms with Gasteiger partial charge in [-0.1, -0.05) is 0 Å². The average molecular weight is 534 g/mol. The molecule has 0 saturated carbocycles. The summed E-state index contributed by atoms with van der Waals surface area (Å²) in [5, 5.41) is 41.0. The van der Waals surface area contributed by atoms with Gasteiger partial charge in [0, 0.05) is 13.0 Å². The van der Waals surface area contributed by atoms with Crippen LogP contribution in [-0.2, 0) is 18.6 Å². The molecule has 2 aromatic heterocycles. The predicted molar refractivity (Wildman–Crippen MR) is 98.8 cm³/mol. The van der Waals surface area contributed by atoms with Crippen molar-refractivity contribution in [2.24, 2.45) is 0 Å². The molecule has 34 heavy (non-hydrogen) atoms. The summed E-state index contributed by atoms with van der Waals surface area (Å²) in [6.45, 7) is -1.17. The van der Waals surface area contributed by atoms with Crippen LogP contribution in [0.4, 0.5) is 5.95 Å². The van der Waals surface area contributed by atoms with E-state index in [-0.39, 0.29) is 112 Å². The number of carboxylic acid groups (broad SMARTS) is 1. The molecule has 0 aromatic carbocycles. The first-order chi connectivity index (χ1) is 14.5. The Morgan fingerprint density at radius 1 is 1.29 bits per heavy atom. The maximum Gasteiger partial charge on any atom is 1.00 e. The molecule has 1 aliphatic heterocycles. The number of fused-ring (bicyclic) bond motifs is 1. The second-order valence-corrected chi connectivity index (χ2v) is 7.86. The molecule has 0 spiro atoms. The van der Waals surface area contributed by atoms with Gasteiger partial charge in [0.05, 0.1) is 12.9 Å². The molecule has 3 heterocycles. The average Bonchev–Trinajstić information content (AvgIpc) is 3.21. The standard InChI is InChI=1S/C14H20N5O11P.3Na/c20-2-1-5(13(24)25)16-14-17-10-7(11(23)18-14)15-4-19(10)12-9(22)8(21)6(30-12)3-29-31(26,27)28;;;/h4-6,8-9,12,20-22H,1-3H2,(H,24,25)(H2,26,27,28)(H2,16,17,18,23);;;/q;3*+1/t5-,6-,8-,9-,12-;;;/m1.../s1. The molecule has 16 nitrogen and oxygen atoms in total. The summed E-state index contributed by atoms with van der Waals surface area (Å²) in [6, 6.07) is -1.26. The number of anilines is 1. The largest absolute Gasteiger partial charge is 1.00 e. The second-order valence-electron chi connectivity index (χ2n) is 6.62. The molecule has 1 aliphatic rings. The number of aliphatic hydroxyl groups is 3. The number of imidazole rings is 1. The first kappa shape index (κ1) is 34.6. The predicted octanol–water partition coefficient (Wildman–Crippen LogP) is -11.9. The third-order valence-corrected chi connectivity index (χ3v) is 4.96. The van der Waals surface area contributed by atoms with Gasteiger partial charge >= 0.3 is 102 Å². The summed E-state index contributed by atoms with van der Waals surface area (Å²) in [7, 11) is -4.85. The van der Waals surface area contributed by atoms with Crippen LogP contribution in [0.1, 0.15) is 12.6 Å². The Bertz CT molecular complexity index is 1070. The molecule has 0 aliphatic carbocycles. The number of aromatic amines is 1. The molecule has 0 unspecified atom stereocenters. The number of aliphatic carboxylic acids is 1. The molecule has 0 amide bonds. The van der Waals surface area contributed by atoms with Gasteiger partial charge in [0.25, 0.3) is 5.56 Å². The number of phosphoric acid groups is 1. The number of carbonyl (C=O) groups is 1. The van der Waals surface area contributed by atoms with Gasteiger partial charge in [-0.3, -0.25) is 18.9 Å². The van der Waals surface area contributed by atoms with Crippen molar-refractivity contribution in [2.75, 3.05) is 18.5 Å². The van der Waals surface area contributed by atoms with Crippen molar-refractivity contribution < 1.29 is 138 Å². The molecular formula is C14H20N5Na3O11P+3. The van der Waals surface area contributed by atoms with Crippen molar-refractivity contribution in [3.05, 3.63) is 16.7 Å². The number of nitrogens with one attached hydrogen (secondary N) is 2. The third kappa shape index (κ3) is 8.29. The smallest absolute Gasteiger partial charge is 0.480 e. The fraction of sp³-hybridized carbons (Fsp3) is 0.571. The van der Waals surface area contributed by atoms with E-state index in [1.807, 2.05) is 0 Å². The molecule has 3 rings (SSSR count). The van der Waals surface area contributed by atoms with Crippen LogP contribution in [0.25, 0.3) is 11.2 Å². The van der Waals surface area contributed by atoms with Crippen molar-refractivity contribution in [3.63, 3.8) is 0 Å². The maximum absolute atomic E-state index is 12.3. The number of carboxylic acids is 1. The SMILES string of the molecule is O=C(O)[C@@H](CCO)Nc1nc2c(ncn2[C@@H]2O[C@H](COP(=O)(O)O)[C@@H](O)[C@H]2O)c(=O)[nH]1.[Na+].[Na+].[Na+]. The van der Waals surface area contributed by atoms with Gasteiger partial charge in [0.1, 0.15) is 24.4 Å². The number of rotatable bonds is 9. The Hall–Kier alpha value is 0.570. The minimum atomic E-state index is -4.85. The van der Waals surface area contributed by atoms with Crippen molar-refractivity contribution >= 4 is 30.9 Å². The summed E-state index contributed by atoms with van der Waals surface area (Å²) in [4.78, 5) is 51.4. The Labute approximate surface area is 257 Å². The van der Waals surface area contributed by atoms with E-state index >= 15 is 0 Å². The molecule has 172 valence electrons. The fourth-order valence-corrected chi connectivity index (χ4v) is 3.34. The molecule has 1 saturated heterocycles. The zero-order valence-corrected chi connectivity index (χ0v) is 25.5. The van der Waals surface area contributed by atoms with Gasteiger partial charge in [0.15, 0.2) is 17.4 Å². The monoisotopic (exact) mass is 534 g/mol. The van der Waals surface area contributed by atoms with Gasteiger partial charge in [-0.15, -0.1) is 0 Å². The Kier molecular flexibility index (Phi) is 14.7. The summed E-state index contributed by atoms with van der Waals surface area (Å²) in [5.74, 6) is -1.55. The molecule has 0 bridgehead atoms. The fourth-order valence-electron chi connectivity index (χ4n) is 3.00. The van der Waals surface area contributed by atoms with Gasteiger partial charge in [-0.2, -0.15) is 4.98 Å². The molecule has 5 atom stereocenters. The first-order valence-corrected chi connectivity index (χ1v) is 10.3. The Balaban J connectivity index is 0.00000363. The number of aliphatic hydroxyl groups excluding tert-OH is 3. The van der Waals surface area contributed by atoms with Gasteiger partial charge in [0.2, 0.25) is 5.95 Å². The first-order valence-electron chi connectivity index (χ1n) is 8.80. The molecule has 0 radical (unpaired) electrons. The van der Waals surface area contributed by atoms with Crippen LogP contribution in [0.15, 0.2) is 11.1 Å². The second kappa shape index (κ2) is 14.5. The van der Waals surface area contributed by atoms with E-state index in [4.69, 9.17) is 19.6 Å². The zero-order chi connectivity index (χ0) is 22.9. The van der Waals surface area contributed by atoms with Crippen molar-refractivity contribution in [1.29, 1.82) is 0 Å². The van der Waals surface area contributed by atoms with Crippen LogP contribution in [0.5, 0.6) is 0 Å². The number of hydrogen-bond acceptors (Lipinski definition) is 11. The van der Waals surface area contributed by atoms with Crippen molar-refractivity contribution in [2.45, 2.75) is 37.0 Å². The quantitative estimate of drug-likeness (QED) is 0.110. The van der Waals surface area contributed by atoms with E-state index < -0.39 is 63.1 Å². The van der Waals surface area contributed by atoms with Crippen LogP contribution in [0.2, 0.25) is 0 Å². The van der Waals surface area contributed by atoms with Crippen LogP contribution in [0.3, 0.4) is 0 Å².